The van der Waals surface area contributed by atoms with Crippen LogP contribution in [0.25, 0.3) is 0 Å². The molecule has 0 unspecified atom stereocenters. The molecule has 0 aliphatic carbocycles. The number of hydrogen-bond acceptors (Lipinski definition) is 4. The van der Waals surface area contributed by atoms with Gasteiger partial charge in [-0.25, -0.2) is 4.79 Å². The molecule has 0 bridgehead atoms. The van der Waals surface area contributed by atoms with Gasteiger partial charge in [0, 0.05) is 11.8 Å². The smallest absolute Gasteiger partial charge is 0.319 e. The molecule has 2 rings (SSSR count). The number of carbonyl (C=O) groups excluding carboxylic acids is 2. The van der Waals surface area contributed by atoms with Gasteiger partial charge in [-0.1, -0.05) is 18.2 Å². The molecular weight excluding hydrogens is 322 g/mol. The molecule has 2 aromatic carbocycles. The Bertz CT molecular complexity index is 734. The van der Waals surface area contributed by atoms with Crippen LogP contribution < -0.4 is 25.4 Å². The highest BCUT2D eigenvalue weighted by atomic mass is 16.5. The van der Waals surface area contributed by atoms with Crippen LogP contribution in [0.15, 0.2) is 48.5 Å². The van der Waals surface area contributed by atoms with E-state index in [9.17, 15) is 9.59 Å². The summed E-state index contributed by atoms with van der Waals surface area (Å²) in [5, 5.41) is 7.96. The monoisotopic (exact) mass is 343 g/mol. The van der Waals surface area contributed by atoms with Crippen LogP contribution in [0.3, 0.4) is 0 Å². The number of anilines is 2. The van der Waals surface area contributed by atoms with Crippen LogP contribution >= 0.6 is 0 Å². The van der Waals surface area contributed by atoms with Crippen molar-refractivity contribution in [3.8, 4) is 11.5 Å². The van der Waals surface area contributed by atoms with Gasteiger partial charge in [0.25, 0.3) is 0 Å². The lowest BCUT2D eigenvalue weighted by Gasteiger charge is -2.16. The van der Waals surface area contributed by atoms with E-state index >= 15 is 0 Å². The molecule has 2 aromatic rings. The zero-order valence-electron chi connectivity index (χ0n) is 14.3. The Morgan fingerprint density at radius 2 is 1.68 bits per heavy atom. The fourth-order valence-corrected chi connectivity index (χ4v) is 2.09. The molecule has 0 aromatic heterocycles. The van der Waals surface area contributed by atoms with Crippen LogP contribution in [0.1, 0.15) is 6.92 Å². The lowest BCUT2D eigenvalue weighted by molar-refractivity contribution is -0.117. The summed E-state index contributed by atoms with van der Waals surface area (Å²) in [5.41, 5.74) is 1.13. The summed E-state index contributed by atoms with van der Waals surface area (Å²) in [7, 11) is 3.05. The Balaban J connectivity index is 1.95. The SMILES string of the molecule is COc1ccc(NC(=O)[C@H](C)NC(=O)Nc2ccccc2)c(OC)c1. The molecule has 25 heavy (non-hydrogen) atoms. The molecule has 0 fully saturated rings. The number of carbonyl (C=O) groups is 2. The molecule has 0 spiro atoms. The highest BCUT2D eigenvalue weighted by Gasteiger charge is 2.17. The third kappa shape index (κ3) is 5.13. The average molecular weight is 343 g/mol. The highest BCUT2D eigenvalue weighted by molar-refractivity contribution is 5.99. The second kappa shape index (κ2) is 8.58. The quantitative estimate of drug-likeness (QED) is 0.752. The molecule has 3 amide bonds. The van der Waals surface area contributed by atoms with Crippen molar-refractivity contribution in [3.63, 3.8) is 0 Å². The second-order valence-electron chi connectivity index (χ2n) is 5.24. The van der Waals surface area contributed by atoms with Crippen molar-refractivity contribution in [1.82, 2.24) is 5.32 Å². The summed E-state index contributed by atoms with van der Waals surface area (Å²) in [6.07, 6.45) is 0. The number of urea groups is 1. The van der Waals surface area contributed by atoms with E-state index in [-0.39, 0.29) is 5.91 Å². The zero-order valence-corrected chi connectivity index (χ0v) is 14.3. The van der Waals surface area contributed by atoms with E-state index in [0.29, 0.717) is 22.9 Å². The van der Waals surface area contributed by atoms with Gasteiger partial charge >= 0.3 is 6.03 Å². The van der Waals surface area contributed by atoms with Gasteiger partial charge in [-0.3, -0.25) is 4.79 Å². The van der Waals surface area contributed by atoms with E-state index in [1.165, 1.54) is 7.11 Å². The first-order valence-electron chi connectivity index (χ1n) is 7.69. The minimum absolute atomic E-state index is 0.369. The molecule has 0 saturated heterocycles. The molecule has 0 heterocycles. The van der Waals surface area contributed by atoms with Crippen LogP contribution in [0, 0.1) is 0 Å². The molecule has 7 nitrogen and oxygen atoms in total. The van der Waals surface area contributed by atoms with E-state index in [1.54, 1.807) is 44.4 Å². The second-order valence-corrected chi connectivity index (χ2v) is 5.24. The highest BCUT2D eigenvalue weighted by Crippen LogP contribution is 2.29. The van der Waals surface area contributed by atoms with Gasteiger partial charge in [-0.2, -0.15) is 0 Å². The fraction of sp³-hybridized carbons (Fsp3) is 0.222. The molecule has 0 saturated carbocycles. The van der Waals surface area contributed by atoms with E-state index < -0.39 is 12.1 Å². The zero-order chi connectivity index (χ0) is 18.2. The van der Waals surface area contributed by atoms with Crippen molar-refractivity contribution in [3.05, 3.63) is 48.5 Å². The minimum atomic E-state index is -0.740. The minimum Gasteiger partial charge on any atom is -0.497 e. The lowest BCUT2D eigenvalue weighted by atomic mass is 10.2. The van der Waals surface area contributed by atoms with Crippen molar-refractivity contribution in [2.24, 2.45) is 0 Å². The molecule has 0 aliphatic heterocycles. The van der Waals surface area contributed by atoms with Crippen LogP contribution in [-0.2, 0) is 4.79 Å². The maximum Gasteiger partial charge on any atom is 0.319 e. The maximum atomic E-state index is 12.3. The van der Waals surface area contributed by atoms with Gasteiger partial charge in [0.15, 0.2) is 0 Å². The predicted molar refractivity (Wildman–Crippen MR) is 96.2 cm³/mol. The molecule has 0 aliphatic rings. The van der Waals surface area contributed by atoms with Gasteiger partial charge < -0.3 is 25.4 Å². The molecule has 3 N–H and O–H groups in total. The van der Waals surface area contributed by atoms with E-state index in [0.717, 1.165) is 0 Å². The van der Waals surface area contributed by atoms with Crippen LogP contribution in [0.4, 0.5) is 16.2 Å². The number of para-hydroxylation sites is 1. The first kappa shape index (κ1) is 18.1. The molecule has 0 radical (unpaired) electrons. The number of rotatable bonds is 6. The molecular formula is C18H21N3O4. The fourth-order valence-electron chi connectivity index (χ4n) is 2.09. The Morgan fingerprint density at radius 3 is 2.32 bits per heavy atom. The summed E-state index contributed by atoms with van der Waals surface area (Å²) in [6, 6.07) is 12.8. The molecule has 132 valence electrons. The summed E-state index contributed by atoms with van der Waals surface area (Å²) in [4.78, 5) is 24.2. The lowest BCUT2D eigenvalue weighted by Crippen LogP contribution is -2.43. The Kier molecular flexibility index (Phi) is 6.22. The maximum absolute atomic E-state index is 12.3. The van der Waals surface area contributed by atoms with Crippen molar-refractivity contribution >= 4 is 23.3 Å². The van der Waals surface area contributed by atoms with Gasteiger partial charge in [-0.15, -0.1) is 0 Å². The Hall–Kier alpha value is -3.22. The van der Waals surface area contributed by atoms with Crippen molar-refractivity contribution in [1.29, 1.82) is 0 Å². The normalized spacial score (nSPS) is 11.2. The van der Waals surface area contributed by atoms with Crippen LogP contribution in [0.5, 0.6) is 11.5 Å². The Morgan fingerprint density at radius 1 is 0.960 bits per heavy atom. The van der Waals surface area contributed by atoms with Gasteiger partial charge in [0.1, 0.15) is 17.5 Å². The third-order valence-electron chi connectivity index (χ3n) is 3.44. The summed E-state index contributed by atoms with van der Waals surface area (Å²) < 4.78 is 10.3. The van der Waals surface area contributed by atoms with Crippen LogP contribution in [-0.4, -0.2) is 32.2 Å². The number of hydrogen-bond donors (Lipinski definition) is 3. The first-order chi connectivity index (χ1) is 12.0. The predicted octanol–water partition coefficient (Wildman–Crippen LogP) is 2.85. The number of nitrogens with one attached hydrogen (secondary N) is 3. The van der Waals surface area contributed by atoms with Gasteiger partial charge in [0.05, 0.1) is 19.9 Å². The van der Waals surface area contributed by atoms with Gasteiger partial charge in [-0.05, 0) is 31.2 Å². The third-order valence-corrected chi connectivity index (χ3v) is 3.44. The average Bonchev–Trinajstić information content (AvgIpc) is 2.62. The van der Waals surface area contributed by atoms with E-state index in [4.69, 9.17) is 9.47 Å². The standard InChI is InChI=1S/C18H21N3O4/c1-12(19-18(23)20-13-7-5-4-6-8-13)17(22)21-15-10-9-14(24-2)11-16(15)25-3/h4-12H,1-3H3,(H,21,22)(H2,19,20,23)/t12-/m0/s1. The van der Waals surface area contributed by atoms with Crippen molar-refractivity contribution < 1.29 is 19.1 Å². The van der Waals surface area contributed by atoms with Crippen molar-refractivity contribution in [2.75, 3.05) is 24.9 Å². The van der Waals surface area contributed by atoms with Gasteiger partial charge in [0.2, 0.25) is 5.91 Å². The number of amides is 3. The van der Waals surface area contributed by atoms with E-state index in [1.807, 2.05) is 18.2 Å². The summed E-state index contributed by atoms with van der Waals surface area (Å²) in [5.74, 6) is 0.712. The summed E-state index contributed by atoms with van der Waals surface area (Å²) in [6.45, 7) is 1.59. The number of ether oxygens (including phenoxy) is 2. The molecule has 7 heteroatoms. The van der Waals surface area contributed by atoms with Crippen molar-refractivity contribution in [2.45, 2.75) is 13.0 Å². The molecule has 1 atom stereocenters. The van der Waals surface area contributed by atoms with Crippen LogP contribution in [0.2, 0.25) is 0 Å². The number of benzene rings is 2. The van der Waals surface area contributed by atoms with E-state index in [2.05, 4.69) is 16.0 Å². The largest absolute Gasteiger partial charge is 0.497 e. The summed E-state index contributed by atoms with van der Waals surface area (Å²) >= 11 is 0. The Labute approximate surface area is 146 Å². The topological polar surface area (TPSA) is 88.7 Å². The first-order valence-corrected chi connectivity index (χ1v) is 7.69. The number of methoxy groups -OCH3 is 2.